The van der Waals surface area contributed by atoms with Crippen molar-refractivity contribution in [3.8, 4) is 0 Å². The molecule has 7 nitrogen and oxygen atoms in total. The van der Waals surface area contributed by atoms with E-state index in [1.54, 1.807) is 20.8 Å². The highest BCUT2D eigenvalue weighted by molar-refractivity contribution is 6.08. The summed E-state index contributed by atoms with van der Waals surface area (Å²) >= 11 is 0. The van der Waals surface area contributed by atoms with Gasteiger partial charge in [-0.1, -0.05) is 13.8 Å². The van der Waals surface area contributed by atoms with Crippen molar-refractivity contribution in [1.29, 1.82) is 0 Å². The molecule has 1 aliphatic rings. The number of nitrogens with zero attached hydrogens (tertiary/aromatic N) is 1. The van der Waals surface area contributed by atoms with Gasteiger partial charge in [0.15, 0.2) is 0 Å². The Morgan fingerprint density at radius 3 is 2.47 bits per heavy atom. The molecule has 0 aromatic heterocycles. The minimum absolute atomic E-state index is 0.212. The van der Waals surface area contributed by atoms with Gasteiger partial charge in [0.1, 0.15) is 5.54 Å². The van der Waals surface area contributed by atoms with Crippen molar-refractivity contribution >= 4 is 17.9 Å². The molecule has 1 heterocycles. The van der Waals surface area contributed by atoms with Crippen molar-refractivity contribution < 1.29 is 19.1 Å². The summed E-state index contributed by atoms with van der Waals surface area (Å²) in [6.07, 6.45) is -0.212. The lowest BCUT2D eigenvalue weighted by atomic mass is 9.83. The highest BCUT2D eigenvalue weighted by atomic mass is 16.5. The molecule has 7 heteroatoms. The zero-order valence-electron chi connectivity index (χ0n) is 10.1. The summed E-state index contributed by atoms with van der Waals surface area (Å²) in [6, 6.07) is -0.701. The molecule has 0 spiro atoms. The average Bonchev–Trinajstić information content (AvgIpc) is 2.44. The molecule has 0 aliphatic carbocycles. The van der Waals surface area contributed by atoms with Crippen molar-refractivity contribution in [2.24, 2.45) is 11.8 Å². The first-order valence-electron chi connectivity index (χ1n) is 5.42. The summed E-state index contributed by atoms with van der Waals surface area (Å²) < 4.78 is 4.80. The number of hydrogen-bond acceptors (Lipinski definition) is 5. The Labute approximate surface area is 99.2 Å². The number of nitrogens with one attached hydrogen (secondary N) is 1. The number of nitrogens with two attached hydrogens (primary N) is 1. The Bertz CT molecular complexity index is 355. The Morgan fingerprint density at radius 1 is 1.53 bits per heavy atom. The number of carbonyl (C=O) groups is 3. The summed E-state index contributed by atoms with van der Waals surface area (Å²) in [5, 5.41) is 2.97. The van der Waals surface area contributed by atoms with Crippen LogP contribution in [0, 0.1) is 5.92 Å². The van der Waals surface area contributed by atoms with E-state index in [1.165, 1.54) is 0 Å². The lowest BCUT2D eigenvalue weighted by Gasteiger charge is -2.29. The standard InChI is InChI=1S/C10H17N3O4/c1-4-17-7(14)5-10(6(2)3)8(15)13(11)9(16)12-10/h6H,4-5,11H2,1-3H3,(H,12,16). The number of hydrogen-bond donors (Lipinski definition) is 2. The molecule has 0 radical (unpaired) electrons. The van der Waals surface area contributed by atoms with Crippen LogP contribution < -0.4 is 11.2 Å². The first-order chi connectivity index (χ1) is 7.85. The third kappa shape index (κ3) is 2.23. The van der Waals surface area contributed by atoms with E-state index in [9.17, 15) is 14.4 Å². The predicted octanol–water partition coefficient (Wildman–Crippen LogP) is -0.240. The average molecular weight is 243 g/mol. The molecule has 0 aromatic rings. The quantitative estimate of drug-likeness (QED) is 0.307. The predicted molar refractivity (Wildman–Crippen MR) is 58.4 cm³/mol. The second-order valence-corrected chi connectivity index (χ2v) is 4.21. The van der Waals surface area contributed by atoms with Gasteiger partial charge in [-0.15, -0.1) is 0 Å². The van der Waals surface area contributed by atoms with Crippen molar-refractivity contribution in [3.05, 3.63) is 0 Å². The van der Waals surface area contributed by atoms with E-state index in [-0.39, 0.29) is 18.9 Å². The Balaban J connectivity index is 2.96. The zero-order valence-corrected chi connectivity index (χ0v) is 10.1. The van der Waals surface area contributed by atoms with Crippen LogP contribution in [0.4, 0.5) is 4.79 Å². The molecule has 1 aliphatic heterocycles. The first-order valence-corrected chi connectivity index (χ1v) is 5.42. The Morgan fingerprint density at radius 2 is 2.12 bits per heavy atom. The van der Waals surface area contributed by atoms with Crippen LogP contribution in [0.25, 0.3) is 0 Å². The van der Waals surface area contributed by atoms with Crippen LogP contribution in [-0.2, 0) is 14.3 Å². The maximum Gasteiger partial charge on any atom is 0.339 e. The van der Waals surface area contributed by atoms with E-state index < -0.39 is 23.4 Å². The second kappa shape index (κ2) is 4.70. The number of hydrazine groups is 1. The number of amides is 3. The normalized spacial score (nSPS) is 24.2. The Kier molecular flexibility index (Phi) is 3.72. The minimum Gasteiger partial charge on any atom is -0.466 e. The fourth-order valence-corrected chi connectivity index (χ4v) is 1.77. The number of ether oxygens (including phenoxy) is 1. The van der Waals surface area contributed by atoms with Gasteiger partial charge >= 0.3 is 12.0 Å². The van der Waals surface area contributed by atoms with Gasteiger partial charge in [-0.2, -0.15) is 5.01 Å². The summed E-state index contributed by atoms with van der Waals surface area (Å²) in [5.74, 6) is 3.89. The van der Waals surface area contributed by atoms with E-state index in [2.05, 4.69) is 5.32 Å². The molecule has 96 valence electrons. The van der Waals surface area contributed by atoms with Gasteiger partial charge in [-0.25, -0.2) is 10.6 Å². The van der Waals surface area contributed by atoms with E-state index in [0.29, 0.717) is 5.01 Å². The minimum atomic E-state index is -1.29. The highest BCUT2D eigenvalue weighted by Gasteiger charge is 2.53. The van der Waals surface area contributed by atoms with Crippen molar-refractivity contribution in [2.75, 3.05) is 6.61 Å². The van der Waals surface area contributed by atoms with Gasteiger partial charge in [-0.3, -0.25) is 9.59 Å². The van der Waals surface area contributed by atoms with Crippen molar-refractivity contribution in [1.82, 2.24) is 10.3 Å². The van der Waals surface area contributed by atoms with Gasteiger partial charge < -0.3 is 10.1 Å². The van der Waals surface area contributed by atoms with Crippen LogP contribution in [0.3, 0.4) is 0 Å². The maximum absolute atomic E-state index is 11.9. The van der Waals surface area contributed by atoms with Crippen molar-refractivity contribution in [3.63, 3.8) is 0 Å². The van der Waals surface area contributed by atoms with Crippen molar-refractivity contribution in [2.45, 2.75) is 32.7 Å². The highest BCUT2D eigenvalue weighted by Crippen LogP contribution is 2.28. The number of urea groups is 1. The lowest BCUT2D eigenvalue weighted by Crippen LogP contribution is -2.53. The Hall–Kier alpha value is -1.63. The molecule has 0 bridgehead atoms. The third-order valence-electron chi connectivity index (χ3n) is 2.86. The van der Waals surface area contributed by atoms with E-state index in [1.807, 2.05) is 0 Å². The van der Waals surface area contributed by atoms with Crippen LogP contribution in [-0.4, -0.2) is 35.1 Å². The molecule has 1 fully saturated rings. The third-order valence-corrected chi connectivity index (χ3v) is 2.86. The molecule has 3 amide bonds. The van der Waals surface area contributed by atoms with Gasteiger partial charge in [-0.05, 0) is 12.8 Å². The molecular weight excluding hydrogens is 226 g/mol. The van der Waals surface area contributed by atoms with Crippen LogP contribution >= 0.6 is 0 Å². The molecule has 0 saturated carbocycles. The number of rotatable bonds is 4. The van der Waals surface area contributed by atoms with Crippen LogP contribution in [0.5, 0.6) is 0 Å². The molecular formula is C10H17N3O4. The fraction of sp³-hybridized carbons (Fsp3) is 0.700. The van der Waals surface area contributed by atoms with E-state index >= 15 is 0 Å². The topological polar surface area (TPSA) is 102 Å². The lowest BCUT2D eigenvalue weighted by molar-refractivity contribution is -0.149. The van der Waals surface area contributed by atoms with Gasteiger partial charge in [0.05, 0.1) is 13.0 Å². The maximum atomic E-state index is 11.9. The SMILES string of the molecule is CCOC(=O)CC1(C(C)C)NC(=O)N(N)C1=O. The number of imide groups is 1. The summed E-state index contributed by atoms with van der Waals surface area (Å²) in [7, 11) is 0. The number of carbonyl (C=O) groups excluding carboxylic acids is 3. The molecule has 3 N–H and O–H groups in total. The van der Waals surface area contributed by atoms with Crippen LogP contribution in [0.2, 0.25) is 0 Å². The van der Waals surface area contributed by atoms with Gasteiger partial charge in [0.2, 0.25) is 0 Å². The van der Waals surface area contributed by atoms with Gasteiger partial charge in [0.25, 0.3) is 5.91 Å². The molecule has 1 unspecified atom stereocenters. The molecule has 1 atom stereocenters. The summed E-state index contributed by atoms with van der Waals surface area (Å²) in [6.45, 7) is 5.36. The largest absolute Gasteiger partial charge is 0.466 e. The molecule has 17 heavy (non-hydrogen) atoms. The van der Waals surface area contributed by atoms with Crippen LogP contribution in [0.15, 0.2) is 0 Å². The monoisotopic (exact) mass is 243 g/mol. The summed E-state index contributed by atoms with van der Waals surface area (Å²) in [5.41, 5.74) is -1.29. The second-order valence-electron chi connectivity index (χ2n) is 4.21. The molecule has 1 rings (SSSR count). The smallest absolute Gasteiger partial charge is 0.339 e. The molecule has 0 aromatic carbocycles. The molecule has 1 saturated heterocycles. The fourth-order valence-electron chi connectivity index (χ4n) is 1.77. The number of esters is 1. The first kappa shape index (κ1) is 13.4. The van der Waals surface area contributed by atoms with Crippen LogP contribution in [0.1, 0.15) is 27.2 Å². The van der Waals surface area contributed by atoms with Gasteiger partial charge in [0, 0.05) is 0 Å². The zero-order chi connectivity index (χ0) is 13.2. The summed E-state index contributed by atoms with van der Waals surface area (Å²) in [4.78, 5) is 34.8. The van der Waals surface area contributed by atoms with E-state index in [4.69, 9.17) is 10.6 Å². The van der Waals surface area contributed by atoms with E-state index in [0.717, 1.165) is 0 Å².